The van der Waals surface area contributed by atoms with Crippen molar-refractivity contribution in [1.82, 2.24) is 0 Å². The molecule has 0 aliphatic carbocycles. The molecule has 0 aliphatic heterocycles. The van der Waals surface area contributed by atoms with E-state index in [2.05, 4.69) is 13.8 Å². The summed E-state index contributed by atoms with van der Waals surface area (Å²) in [5.74, 6) is -1.44. The fourth-order valence-electron chi connectivity index (χ4n) is 4.17. The Hall–Kier alpha value is -3.01. The predicted octanol–water partition coefficient (Wildman–Crippen LogP) is 9.10. The number of unbranched alkanes of at least 4 members (excludes halogenated alkanes) is 6. The first-order valence-electron chi connectivity index (χ1n) is 12.9. The van der Waals surface area contributed by atoms with Crippen molar-refractivity contribution in [2.45, 2.75) is 78.1 Å². The minimum atomic E-state index is -0.626. The van der Waals surface area contributed by atoms with Gasteiger partial charge in [0.1, 0.15) is 5.82 Å². The molecule has 0 aliphatic rings. The topological polar surface area (TPSA) is 26.3 Å². The Labute approximate surface area is 208 Å². The SMILES string of the molecule is CCCCCCCc1ccc(-c2ccc(C(=O)Oc3ccc(CCCCC)cc3F)cc2)cc1F. The van der Waals surface area contributed by atoms with Crippen LogP contribution in [-0.4, -0.2) is 5.97 Å². The number of aryl methyl sites for hydroxylation is 2. The number of rotatable bonds is 13. The lowest BCUT2D eigenvalue weighted by molar-refractivity contribution is 0.0728. The molecule has 3 aromatic carbocycles. The first-order valence-corrected chi connectivity index (χ1v) is 12.9. The van der Waals surface area contributed by atoms with E-state index in [1.165, 1.54) is 31.4 Å². The van der Waals surface area contributed by atoms with Crippen molar-refractivity contribution in [1.29, 1.82) is 0 Å². The molecule has 0 bridgehead atoms. The molecule has 4 heteroatoms. The van der Waals surface area contributed by atoms with Crippen molar-refractivity contribution in [3.05, 3.63) is 89.0 Å². The van der Waals surface area contributed by atoms with Crippen LogP contribution in [0, 0.1) is 11.6 Å². The van der Waals surface area contributed by atoms with Crippen LogP contribution in [0.2, 0.25) is 0 Å². The van der Waals surface area contributed by atoms with Gasteiger partial charge in [0.2, 0.25) is 0 Å². The molecule has 0 saturated heterocycles. The van der Waals surface area contributed by atoms with E-state index in [4.69, 9.17) is 4.74 Å². The molecule has 0 unspecified atom stereocenters. The van der Waals surface area contributed by atoms with Gasteiger partial charge in [-0.2, -0.15) is 0 Å². The summed E-state index contributed by atoms with van der Waals surface area (Å²) >= 11 is 0. The lowest BCUT2D eigenvalue weighted by Gasteiger charge is -2.09. The van der Waals surface area contributed by atoms with Crippen LogP contribution in [-0.2, 0) is 12.8 Å². The van der Waals surface area contributed by atoms with E-state index in [1.807, 2.05) is 12.1 Å². The molecule has 0 N–H and O–H groups in total. The molecule has 0 atom stereocenters. The average Bonchev–Trinajstić information content (AvgIpc) is 2.86. The van der Waals surface area contributed by atoms with E-state index >= 15 is 0 Å². The summed E-state index contributed by atoms with van der Waals surface area (Å²) in [6, 6.07) is 16.8. The molecule has 0 saturated carbocycles. The average molecular weight is 479 g/mol. The highest BCUT2D eigenvalue weighted by Crippen LogP contribution is 2.25. The maximum absolute atomic E-state index is 14.6. The second-order valence-corrected chi connectivity index (χ2v) is 9.16. The normalized spacial score (nSPS) is 11.0. The highest BCUT2D eigenvalue weighted by molar-refractivity contribution is 5.91. The Morgan fingerprint density at radius 3 is 2.03 bits per heavy atom. The number of hydrogen-bond donors (Lipinski definition) is 0. The van der Waals surface area contributed by atoms with Crippen LogP contribution < -0.4 is 4.74 Å². The van der Waals surface area contributed by atoms with Crippen molar-refractivity contribution < 1.29 is 18.3 Å². The molecule has 0 amide bonds. The van der Waals surface area contributed by atoms with Gasteiger partial charge in [0.05, 0.1) is 5.56 Å². The summed E-state index contributed by atoms with van der Waals surface area (Å²) in [7, 11) is 0. The van der Waals surface area contributed by atoms with E-state index in [1.54, 1.807) is 36.4 Å². The summed E-state index contributed by atoms with van der Waals surface area (Å²) in [6.45, 7) is 4.31. The van der Waals surface area contributed by atoms with E-state index < -0.39 is 11.8 Å². The Kier molecular flexibility index (Phi) is 10.5. The summed E-state index contributed by atoms with van der Waals surface area (Å²) in [5, 5.41) is 0. The summed E-state index contributed by atoms with van der Waals surface area (Å²) in [4.78, 5) is 12.5. The zero-order chi connectivity index (χ0) is 25.0. The van der Waals surface area contributed by atoms with Crippen LogP contribution >= 0.6 is 0 Å². The van der Waals surface area contributed by atoms with Gasteiger partial charge in [-0.1, -0.05) is 82.7 Å². The highest BCUT2D eigenvalue weighted by atomic mass is 19.1. The summed E-state index contributed by atoms with van der Waals surface area (Å²) < 4.78 is 34.3. The lowest BCUT2D eigenvalue weighted by Crippen LogP contribution is -2.09. The first kappa shape index (κ1) is 26.6. The van der Waals surface area contributed by atoms with Gasteiger partial charge < -0.3 is 4.74 Å². The molecule has 0 spiro atoms. The molecule has 3 rings (SSSR count). The van der Waals surface area contributed by atoms with Crippen LogP contribution in [0.5, 0.6) is 5.75 Å². The van der Waals surface area contributed by atoms with Crippen molar-refractivity contribution in [3.8, 4) is 16.9 Å². The molecule has 0 heterocycles. The molecule has 0 radical (unpaired) electrons. The molecule has 186 valence electrons. The van der Waals surface area contributed by atoms with E-state index in [0.717, 1.165) is 67.2 Å². The minimum Gasteiger partial charge on any atom is -0.420 e. The molecular formula is C31H36F2O2. The Bertz CT molecular complexity index is 1090. The van der Waals surface area contributed by atoms with Gasteiger partial charge in [0.25, 0.3) is 0 Å². The number of carbonyl (C=O) groups is 1. The van der Waals surface area contributed by atoms with Gasteiger partial charge in [-0.15, -0.1) is 0 Å². The largest absolute Gasteiger partial charge is 0.420 e. The Morgan fingerprint density at radius 1 is 0.686 bits per heavy atom. The zero-order valence-electron chi connectivity index (χ0n) is 20.9. The van der Waals surface area contributed by atoms with Crippen LogP contribution in [0.1, 0.15) is 86.7 Å². The van der Waals surface area contributed by atoms with Gasteiger partial charge in [0, 0.05) is 0 Å². The molecule has 3 aromatic rings. The molecule has 2 nitrogen and oxygen atoms in total. The number of esters is 1. The van der Waals surface area contributed by atoms with Gasteiger partial charge >= 0.3 is 5.97 Å². The molecule has 35 heavy (non-hydrogen) atoms. The first-order chi connectivity index (χ1) is 17.0. The zero-order valence-corrected chi connectivity index (χ0v) is 20.9. The number of halogens is 2. The van der Waals surface area contributed by atoms with Crippen LogP contribution in [0.4, 0.5) is 8.78 Å². The molecule has 0 aromatic heterocycles. The predicted molar refractivity (Wildman–Crippen MR) is 139 cm³/mol. The van der Waals surface area contributed by atoms with Crippen LogP contribution in [0.3, 0.4) is 0 Å². The van der Waals surface area contributed by atoms with E-state index in [9.17, 15) is 13.6 Å². The fourth-order valence-corrected chi connectivity index (χ4v) is 4.17. The highest BCUT2D eigenvalue weighted by Gasteiger charge is 2.13. The second-order valence-electron chi connectivity index (χ2n) is 9.16. The van der Waals surface area contributed by atoms with Crippen molar-refractivity contribution in [3.63, 3.8) is 0 Å². The van der Waals surface area contributed by atoms with E-state index in [-0.39, 0.29) is 11.6 Å². The van der Waals surface area contributed by atoms with Crippen LogP contribution in [0.15, 0.2) is 60.7 Å². The van der Waals surface area contributed by atoms with Crippen molar-refractivity contribution in [2.24, 2.45) is 0 Å². The number of carbonyl (C=O) groups excluding carboxylic acids is 1. The standard InChI is InChI=1S/C31H36F2O2/c1-3-5-7-8-10-12-25-16-19-27(22-28(25)32)24-14-17-26(18-15-24)31(34)35-30-20-13-23(21-29(30)33)11-9-6-4-2/h13-22H,3-12H2,1-2H3. The fraction of sp³-hybridized carbons (Fsp3) is 0.387. The number of benzene rings is 3. The van der Waals surface area contributed by atoms with Gasteiger partial charge in [-0.05, 0) is 78.3 Å². The second kappa shape index (κ2) is 13.8. The van der Waals surface area contributed by atoms with Crippen molar-refractivity contribution >= 4 is 5.97 Å². The molecule has 0 fully saturated rings. The summed E-state index contributed by atoms with van der Waals surface area (Å²) in [5.41, 5.74) is 3.50. The third-order valence-electron chi connectivity index (χ3n) is 6.32. The van der Waals surface area contributed by atoms with E-state index in [0.29, 0.717) is 5.56 Å². The third-order valence-corrected chi connectivity index (χ3v) is 6.32. The molecular weight excluding hydrogens is 442 g/mol. The third kappa shape index (κ3) is 8.02. The maximum Gasteiger partial charge on any atom is 0.343 e. The quantitative estimate of drug-likeness (QED) is 0.139. The Morgan fingerprint density at radius 2 is 1.34 bits per heavy atom. The van der Waals surface area contributed by atoms with Crippen molar-refractivity contribution in [2.75, 3.05) is 0 Å². The number of hydrogen-bond acceptors (Lipinski definition) is 2. The minimum absolute atomic E-state index is 0.0781. The van der Waals surface area contributed by atoms with Crippen LogP contribution in [0.25, 0.3) is 11.1 Å². The van der Waals surface area contributed by atoms with Gasteiger partial charge in [-0.25, -0.2) is 13.6 Å². The maximum atomic E-state index is 14.6. The number of ether oxygens (including phenoxy) is 1. The van der Waals surface area contributed by atoms with Gasteiger partial charge in [0.15, 0.2) is 11.6 Å². The Balaban J connectivity index is 1.59. The lowest BCUT2D eigenvalue weighted by atomic mass is 9.99. The monoisotopic (exact) mass is 478 g/mol. The van der Waals surface area contributed by atoms with Gasteiger partial charge in [-0.3, -0.25) is 0 Å². The smallest absolute Gasteiger partial charge is 0.343 e. The summed E-state index contributed by atoms with van der Waals surface area (Å²) in [6.07, 6.45) is 10.5.